The van der Waals surface area contributed by atoms with E-state index in [1.165, 1.54) is 21.4 Å². The van der Waals surface area contributed by atoms with Crippen LogP contribution in [0.25, 0.3) is 10.1 Å². The zero-order chi connectivity index (χ0) is 9.42. The van der Waals surface area contributed by atoms with Gasteiger partial charge in [-0.25, -0.2) is 0 Å². The summed E-state index contributed by atoms with van der Waals surface area (Å²) in [7, 11) is 0. The van der Waals surface area contributed by atoms with E-state index >= 15 is 0 Å². The van der Waals surface area contributed by atoms with E-state index in [2.05, 4.69) is 69.6 Å². The lowest BCUT2D eigenvalue weighted by atomic mass is 10.3. The van der Waals surface area contributed by atoms with E-state index < -0.39 is 0 Å². The molecule has 0 atom stereocenters. The molecule has 4 heteroatoms. The van der Waals surface area contributed by atoms with Crippen LogP contribution in [0.5, 0.6) is 0 Å². The second-order valence-electron chi connectivity index (χ2n) is 2.55. The number of halogens is 2. The molecule has 0 radical (unpaired) electrons. The minimum atomic E-state index is 1.35. The summed E-state index contributed by atoms with van der Waals surface area (Å²) in [5.41, 5.74) is 0. The van der Waals surface area contributed by atoms with Crippen LogP contribution in [0.1, 0.15) is 0 Å². The van der Waals surface area contributed by atoms with Crippen LogP contribution in [0, 0.1) is 6.45 Å². The van der Waals surface area contributed by atoms with Gasteiger partial charge in [-0.3, -0.25) is 0 Å². The van der Waals surface area contributed by atoms with E-state index in [4.69, 9.17) is 0 Å². The molecule has 2 rings (SSSR count). The third kappa shape index (κ3) is 2.00. The van der Waals surface area contributed by atoms with E-state index in [-0.39, 0.29) is 0 Å². The Morgan fingerprint density at radius 3 is 2.77 bits per heavy atom. The first-order chi connectivity index (χ1) is 6.22. The van der Waals surface area contributed by atoms with Crippen molar-refractivity contribution in [1.29, 1.82) is 0 Å². The highest BCUT2D eigenvalue weighted by molar-refractivity contribution is 14.1. The van der Waals surface area contributed by atoms with Crippen molar-refractivity contribution in [3.8, 4) is 0 Å². The van der Waals surface area contributed by atoms with Gasteiger partial charge < -0.3 is 0 Å². The van der Waals surface area contributed by atoms with Gasteiger partial charge >= 0.3 is 0 Å². The van der Waals surface area contributed by atoms with Crippen LogP contribution in [-0.2, 0) is 0 Å². The Labute approximate surface area is 113 Å². The number of hydrogen-bond donors (Lipinski definition) is 0. The second kappa shape index (κ2) is 4.24. The molecule has 68 valence electrons. The van der Waals surface area contributed by atoms with E-state index in [9.17, 15) is 0 Å². The predicted molar refractivity (Wildman–Crippen MR) is 79.0 cm³/mol. The molecule has 0 N–H and O–H groups in total. The lowest BCUT2D eigenvalue weighted by Gasteiger charge is -1.95. The average molecular weight is 432 g/mol. The summed E-state index contributed by atoms with van der Waals surface area (Å²) in [6.45, 7) is 0. The minimum absolute atomic E-state index is 1.35. The zero-order valence-electron chi connectivity index (χ0n) is 6.80. The Kier molecular flexibility index (Phi) is 3.43. The average Bonchev–Trinajstić information content (AvgIpc) is 2.43. The van der Waals surface area contributed by atoms with Gasteiger partial charge in [0, 0.05) is 18.6 Å². The molecule has 0 aliphatic heterocycles. The van der Waals surface area contributed by atoms with Gasteiger partial charge in [0.05, 0.1) is 2.88 Å². The van der Waals surface area contributed by atoms with Crippen molar-refractivity contribution in [3.63, 3.8) is 0 Å². The van der Waals surface area contributed by atoms with Gasteiger partial charge in [0.2, 0.25) is 0 Å². The molecule has 2 aromatic rings. The van der Waals surface area contributed by atoms with Gasteiger partial charge in [-0.1, -0.05) is 0 Å². The van der Waals surface area contributed by atoms with Crippen LogP contribution in [-0.4, -0.2) is 6.26 Å². The van der Waals surface area contributed by atoms with Gasteiger partial charge in [0.1, 0.15) is 0 Å². The first-order valence-corrected chi connectivity index (χ1v) is 7.84. The molecule has 13 heavy (non-hydrogen) atoms. The van der Waals surface area contributed by atoms with Crippen LogP contribution < -0.4 is 0 Å². The van der Waals surface area contributed by atoms with Crippen LogP contribution >= 0.6 is 68.3 Å². The van der Waals surface area contributed by atoms with Crippen molar-refractivity contribution in [3.05, 3.63) is 24.7 Å². The van der Waals surface area contributed by atoms with Gasteiger partial charge in [-0.2, -0.15) is 0 Å². The van der Waals surface area contributed by atoms with E-state index in [1.807, 2.05) is 11.3 Å². The fourth-order valence-electron chi connectivity index (χ4n) is 1.14. The third-order valence-corrected chi connectivity index (χ3v) is 7.20. The van der Waals surface area contributed by atoms with Crippen molar-refractivity contribution in [2.45, 2.75) is 4.90 Å². The summed E-state index contributed by atoms with van der Waals surface area (Å²) in [6.07, 6.45) is 2.12. The normalized spacial score (nSPS) is 11.0. The summed E-state index contributed by atoms with van der Waals surface area (Å²) in [5.74, 6) is 0. The summed E-state index contributed by atoms with van der Waals surface area (Å²) < 4.78 is 4.19. The Morgan fingerprint density at radius 2 is 2.08 bits per heavy atom. The summed E-state index contributed by atoms with van der Waals surface area (Å²) in [5, 5.41) is 1.40. The third-order valence-electron chi connectivity index (χ3n) is 1.80. The molecule has 0 unspecified atom stereocenters. The Hall–Kier alpha value is 0.990. The highest BCUT2D eigenvalue weighted by Crippen LogP contribution is 2.35. The predicted octanol–water partition coefficient (Wildman–Crippen LogP) is 4.83. The first-order valence-electron chi connectivity index (χ1n) is 3.64. The Bertz CT molecular complexity index is 448. The molecule has 0 amide bonds. The molecule has 0 nitrogen and oxygen atoms in total. The second-order valence-corrected chi connectivity index (χ2v) is 7.37. The molecule has 1 aromatic carbocycles. The Balaban J connectivity index is 2.75. The molecular weight excluding hydrogens is 426 g/mol. The van der Waals surface area contributed by atoms with Crippen LogP contribution in [0.3, 0.4) is 0 Å². The van der Waals surface area contributed by atoms with Crippen molar-refractivity contribution in [1.82, 2.24) is 0 Å². The molecule has 0 saturated carbocycles. The number of thioether (sulfide) groups is 1. The zero-order valence-corrected chi connectivity index (χ0v) is 12.8. The van der Waals surface area contributed by atoms with Crippen LogP contribution in [0.2, 0.25) is 0 Å². The lowest BCUT2D eigenvalue weighted by Crippen LogP contribution is -1.71. The molecule has 0 aliphatic rings. The molecular formula is C9H6I2S2. The topological polar surface area (TPSA) is 0 Å². The number of fused-ring (bicyclic) bond motifs is 1. The summed E-state index contributed by atoms with van der Waals surface area (Å²) >= 11 is 8.50. The van der Waals surface area contributed by atoms with Crippen molar-refractivity contribution in [2.75, 3.05) is 6.26 Å². The van der Waals surface area contributed by atoms with Crippen molar-refractivity contribution < 1.29 is 0 Å². The smallest absolute Gasteiger partial charge is 0.0799 e. The monoisotopic (exact) mass is 432 g/mol. The van der Waals surface area contributed by atoms with Gasteiger partial charge in [-0.05, 0) is 69.6 Å². The maximum absolute atomic E-state index is 2.42. The maximum Gasteiger partial charge on any atom is 0.0799 e. The fraction of sp³-hybridized carbons (Fsp3) is 0.111. The lowest BCUT2D eigenvalue weighted by molar-refractivity contribution is 1.52. The highest BCUT2D eigenvalue weighted by Gasteiger charge is 2.07. The van der Waals surface area contributed by atoms with Gasteiger partial charge in [0.15, 0.2) is 0 Å². The van der Waals surface area contributed by atoms with Crippen LogP contribution in [0.15, 0.2) is 23.1 Å². The number of thiophene rings is 1. The highest BCUT2D eigenvalue weighted by atomic mass is 127. The molecule has 0 fully saturated rings. The molecule has 0 bridgehead atoms. The maximum atomic E-state index is 2.42. The standard InChI is InChI=1S/C9H6I2S2/c1-12-5-2-3-7-6(4-5)8(10)9(11)13-7/h2-4H,1H3. The molecule has 1 heterocycles. The fourth-order valence-corrected chi connectivity index (χ4v) is 4.35. The van der Waals surface area contributed by atoms with E-state index in [0.717, 1.165) is 0 Å². The Morgan fingerprint density at radius 1 is 1.31 bits per heavy atom. The van der Waals surface area contributed by atoms with Crippen LogP contribution in [0.4, 0.5) is 0 Å². The number of benzene rings is 1. The minimum Gasteiger partial charge on any atom is -0.130 e. The SMILES string of the molecule is CSc1ccc2sc(I)c(I)c2c1. The van der Waals surface area contributed by atoms with E-state index in [0.29, 0.717) is 0 Å². The quantitative estimate of drug-likeness (QED) is 0.460. The summed E-state index contributed by atoms with van der Waals surface area (Å²) in [6, 6.07) is 6.69. The van der Waals surface area contributed by atoms with Crippen molar-refractivity contribution in [2.24, 2.45) is 0 Å². The van der Waals surface area contributed by atoms with Crippen molar-refractivity contribution >= 4 is 78.4 Å². The molecule has 0 saturated heterocycles. The van der Waals surface area contributed by atoms with Gasteiger partial charge in [0.25, 0.3) is 0 Å². The first kappa shape index (κ1) is 10.5. The largest absolute Gasteiger partial charge is 0.130 e. The molecule has 1 aromatic heterocycles. The number of hydrogen-bond acceptors (Lipinski definition) is 2. The number of rotatable bonds is 1. The molecule has 0 spiro atoms. The van der Waals surface area contributed by atoms with E-state index in [1.54, 1.807) is 11.8 Å². The summed E-state index contributed by atoms with van der Waals surface area (Å²) in [4.78, 5) is 1.35. The molecule has 0 aliphatic carbocycles. The van der Waals surface area contributed by atoms with Gasteiger partial charge in [-0.15, -0.1) is 23.1 Å².